The average molecular weight is 279 g/mol. The number of anilines is 1. The molecule has 0 unspecified atom stereocenters. The molecule has 1 rings (SSSR count). The summed E-state index contributed by atoms with van der Waals surface area (Å²) in [5.41, 5.74) is 2.22. The number of hydrogen-bond donors (Lipinski definition) is 0. The monoisotopic (exact) mass is 279 g/mol. The minimum Gasteiger partial charge on any atom is -0.493 e. The summed E-state index contributed by atoms with van der Waals surface area (Å²) in [4.78, 5) is 2.08. The van der Waals surface area contributed by atoms with E-state index in [9.17, 15) is 0 Å². The van der Waals surface area contributed by atoms with E-state index in [0.29, 0.717) is 0 Å². The molecule has 0 aliphatic rings. The van der Waals surface area contributed by atoms with Crippen molar-refractivity contribution in [3.8, 4) is 11.5 Å². The molecule has 0 radical (unpaired) electrons. The van der Waals surface area contributed by atoms with Crippen molar-refractivity contribution >= 4 is 5.69 Å². The lowest BCUT2D eigenvalue weighted by Crippen LogP contribution is -2.12. The predicted octanol–water partition coefficient (Wildman–Crippen LogP) is 4.42. The topological polar surface area (TPSA) is 21.7 Å². The van der Waals surface area contributed by atoms with Gasteiger partial charge in [-0.3, -0.25) is 0 Å². The Bertz CT molecular complexity index is 402. The van der Waals surface area contributed by atoms with E-state index in [-0.39, 0.29) is 0 Å². The lowest BCUT2D eigenvalue weighted by molar-refractivity contribution is 0.300. The first kappa shape index (κ1) is 16.7. The molecule has 0 N–H and O–H groups in total. The molecule has 1 aromatic carbocycles. The van der Waals surface area contributed by atoms with Crippen LogP contribution in [0.1, 0.15) is 45.1 Å². The number of rotatable bonds is 9. The molecular formula is C17H29NO2. The van der Waals surface area contributed by atoms with Crippen molar-refractivity contribution in [3.63, 3.8) is 0 Å². The molecule has 0 aromatic heterocycles. The lowest BCUT2D eigenvalue weighted by Gasteiger charge is -2.20. The van der Waals surface area contributed by atoms with Gasteiger partial charge in [-0.05, 0) is 31.4 Å². The highest BCUT2D eigenvalue weighted by atomic mass is 16.5. The van der Waals surface area contributed by atoms with Crippen molar-refractivity contribution in [2.75, 3.05) is 32.2 Å². The summed E-state index contributed by atoms with van der Waals surface area (Å²) >= 11 is 0. The van der Waals surface area contributed by atoms with Crippen molar-refractivity contribution in [2.24, 2.45) is 0 Å². The van der Waals surface area contributed by atoms with E-state index in [4.69, 9.17) is 9.47 Å². The highest BCUT2D eigenvalue weighted by Gasteiger charge is 2.11. The van der Waals surface area contributed by atoms with Crippen LogP contribution in [0.3, 0.4) is 0 Å². The largest absolute Gasteiger partial charge is 0.493 e. The maximum Gasteiger partial charge on any atom is 0.143 e. The van der Waals surface area contributed by atoms with Gasteiger partial charge < -0.3 is 14.4 Å². The van der Waals surface area contributed by atoms with Crippen LogP contribution in [-0.2, 0) is 0 Å². The molecule has 0 heterocycles. The summed E-state index contributed by atoms with van der Waals surface area (Å²) in [7, 11) is 4.07. The van der Waals surface area contributed by atoms with Gasteiger partial charge in [-0.2, -0.15) is 0 Å². The number of benzene rings is 1. The minimum absolute atomic E-state index is 0.771. The zero-order valence-corrected chi connectivity index (χ0v) is 13.7. The van der Waals surface area contributed by atoms with Crippen LogP contribution in [0.15, 0.2) is 12.1 Å². The second-order valence-corrected chi connectivity index (χ2v) is 5.38. The van der Waals surface area contributed by atoms with Gasteiger partial charge in [0, 0.05) is 20.2 Å². The zero-order valence-electron chi connectivity index (χ0n) is 13.7. The van der Waals surface area contributed by atoms with Crippen LogP contribution in [0.5, 0.6) is 11.5 Å². The van der Waals surface area contributed by atoms with Gasteiger partial charge in [0.05, 0.1) is 18.9 Å². The Morgan fingerprint density at radius 3 is 1.95 bits per heavy atom. The van der Waals surface area contributed by atoms with E-state index in [1.54, 1.807) is 0 Å². The van der Waals surface area contributed by atoms with Gasteiger partial charge in [0.1, 0.15) is 11.5 Å². The fourth-order valence-corrected chi connectivity index (χ4v) is 1.92. The molecule has 0 aliphatic carbocycles. The van der Waals surface area contributed by atoms with Gasteiger partial charge in [-0.1, -0.05) is 26.7 Å². The SMILES string of the molecule is CCCCOc1cc(N(C)C)c(OCCCC)cc1C. The van der Waals surface area contributed by atoms with Gasteiger partial charge in [0.2, 0.25) is 0 Å². The minimum atomic E-state index is 0.771. The van der Waals surface area contributed by atoms with Crippen molar-refractivity contribution < 1.29 is 9.47 Å². The number of unbranched alkanes of at least 4 members (excludes halogenated alkanes) is 2. The Hall–Kier alpha value is -1.38. The Labute approximate surface area is 123 Å². The van der Waals surface area contributed by atoms with E-state index >= 15 is 0 Å². The van der Waals surface area contributed by atoms with Gasteiger partial charge in [0.15, 0.2) is 0 Å². The van der Waals surface area contributed by atoms with Gasteiger partial charge in [-0.25, -0.2) is 0 Å². The van der Waals surface area contributed by atoms with Crippen molar-refractivity contribution in [3.05, 3.63) is 17.7 Å². The maximum atomic E-state index is 5.90. The quantitative estimate of drug-likeness (QED) is 0.625. The Kier molecular flexibility index (Phi) is 7.27. The zero-order chi connectivity index (χ0) is 15.0. The fraction of sp³-hybridized carbons (Fsp3) is 0.647. The third kappa shape index (κ3) is 4.95. The van der Waals surface area contributed by atoms with Crippen LogP contribution in [0.2, 0.25) is 0 Å². The molecular weight excluding hydrogens is 250 g/mol. The Morgan fingerprint density at radius 2 is 1.45 bits per heavy atom. The van der Waals surface area contributed by atoms with E-state index in [1.165, 1.54) is 0 Å². The van der Waals surface area contributed by atoms with Crippen molar-refractivity contribution in [2.45, 2.75) is 46.5 Å². The highest BCUT2D eigenvalue weighted by Crippen LogP contribution is 2.34. The molecule has 0 fully saturated rings. The van der Waals surface area contributed by atoms with Crippen LogP contribution in [-0.4, -0.2) is 27.3 Å². The molecule has 0 saturated carbocycles. The molecule has 1 aromatic rings. The number of aryl methyl sites for hydroxylation is 1. The predicted molar refractivity (Wildman–Crippen MR) is 86.3 cm³/mol. The molecule has 0 bridgehead atoms. The van der Waals surface area contributed by atoms with Crippen LogP contribution in [0, 0.1) is 6.92 Å². The Balaban J connectivity index is 2.87. The molecule has 0 saturated heterocycles. The summed E-state index contributed by atoms with van der Waals surface area (Å²) in [5.74, 6) is 1.91. The molecule has 114 valence electrons. The summed E-state index contributed by atoms with van der Waals surface area (Å²) in [6, 6.07) is 4.18. The van der Waals surface area contributed by atoms with Crippen LogP contribution in [0.4, 0.5) is 5.69 Å². The molecule has 0 aliphatic heterocycles. The van der Waals surface area contributed by atoms with Gasteiger partial charge in [0.25, 0.3) is 0 Å². The van der Waals surface area contributed by atoms with Crippen LogP contribution < -0.4 is 14.4 Å². The first-order chi connectivity index (χ1) is 9.60. The van der Waals surface area contributed by atoms with Gasteiger partial charge in [-0.15, -0.1) is 0 Å². The first-order valence-corrected chi connectivity index (χ1v) is 7.67. The summed E-state index contributed by atoms with van der Waals surface area (Å²) < 4.78 is 11.8. The Morgan fingerprint density at radius 1 is 0.900 bits per heavy atom. The first-order valence-electron chi connectivity index (χ1n) is 7.67. The summed E-state index contributed by atoms with van der Waals surface area (Å²) in [5, 5.41) is 0. The van der Waals surface area contributed by atoms with Crippen LogP contribution in [0.25, 0.3) is 0 Å². The van der Waals surface area contributed by atoms with Crippen LogP contribution >= 0.6 is 0 Å². The molecule has 0 atom stereocenters. The summed E-state index contributed by atoms with van der Waals surface area (Å²) in [6.45, 7) is 7.97. The normalized spacial score (nSPS) is 10.4. The molecule has 0 spiro atoms. The van der Waals surface area contributed by atoms with E-state index in [0.717, 1.165) is 61.6 Å². The molecule has 3 heteroatoms. The van der Waals surface area contributed by atoms with E-state index in [2.05, 4.69) is 37.8 Å². The number of ether oxygens (including phenoxy) is 2. The fourth-order valence-electron chi connectivity index (χ4n) is 1.92. The third-order valence-corrected chi connectivity index (χ3v) is 3.25. The lowest BCUT2D eigenvalue weighted by atomic mass is 10.1. The van der Waals surface area contributed by atoms with E-state index < -0.39 is 0 Å². The maximum absolute atomic E-state index is 5.90. The second kappa shape index (κ2) is 8.72. The van der Waals surface area contributed by atoms with Crippen molar-refractivity contribution in [1.29, 1.82) is 0 Å². The van der Waals surface area contributed by atoms with Crippen molar-refractivity contribution in [1.82, 2.24) is 0 Å². The average Bonchev–Trinajstić information content (AvgIpc) is 2.41. The number of hydrogen-bond acceptors (Lipinski definition) is 3. The smallest absolute Gasteiger partial charge is 0.143 e. The highest BCUT2D eigenvalue weighted by molar-refractivity contribution is 5.63. The van der Waals surface area contributed by atoms with E-state index in [1.807, 2.05) is 14.1 Å². The van der Waals surface area contributed by atoms with Gasteiger partial charge >= 0.3 is 0 Å². The molecule has 20 heavy (non-hydrogen) atoms. The molecule has 0 amide bonds. The second-order valence-electron chi connectivity index (χ2n) is 5.38. The number of nitrogens with zero attached hydrogens (tertiary/aromatic N) is 1. The third-order valence-electron chi connectivity index (χ3n) is 3.25. The summed E-state index contributed by atoms with van der Waals surface area (Å²) in [6.07, 6.45) is 4.47. The standard InChI is InChI=1S/C17H29NO2/c1-6-8-10-19-16-13-15(18(4)5)17(12-14(16)3)20-11-9-7-2/h12-13H,6-11H2,1-5H3. The molecule has 3 nitrogen and oxygen atoms in total.